The highest BCUT2D eigenvalue weighted by molar-refractivity contribution is 7.15. The van der Waals surface area contributed by atoms with E-state index in [1.54, 1.807) is 11.3 Å². The van der Waals surface area contributed by atoms with Crippen LogP contribution in [0.5, 0.6) is 0 Å². The molecule has 1 aliphatic heterocycles. The van der Waals surface area contributed by atoms with Crippen molar-refractivity contribution >= 4 is 22.9 Å². The Balaban J connectivity index is 1.97. The van der Waals surface area contributed by atoms with E-state index in [-0.39, 0.29) is 5.91 Å². The number of fused-ring (bicyclic) bond motifs is 1. The number of carbonyl (C=O) groups excluding carboxylic acids is 1. The number of amides is 1. The smallest absolute Gasteiger partial charge is 0.224 e. The third-order valence-corrected chi connectivity index (χ3v) is 4.08. The maximum atomic E-state index is 11.3. The van der Waals surface area contributed by atoms with Crippen molar-refractivity contribution in [1.29, 1.82) is 0 Å². The van der Waals surface area contributed by atoms with E-state index >= 15 is 0 Å². The number of hydrogen-bond donors (Lipinski definition) is 2. The Hall–Kier alpha value is -1.72. The second-order valence-electron chi connectivity index (χ2n) is 4.24. The van der Waals surface area contributed by atoms with E-state index in [9.17, 15) is 4.79 Å². The third kappa shape index (κ3) is 2.02. The molecule has 0 unspecified atom stereocenters. The molecule has 0 spiro atoms. The first-order chi connectivity index (χ1) is 8.76. The van der Waals surface area contributed by atoms with Crippen molar-refractivity contribution in [1.82, 2.24) is 4.98 Å². The zero-order valence-electron chi connectivity index (χ0n) is 9.77. The number of carbonyl (C=O) groups is 1. The summed E-state index contributed by atoms with van der Waals surface area (Å²) in [6.07, 6.45) is 3.22. The molecule has 1 amide bonds. The van der Waals surface area contributed by atoms with Crippen LogP contribution in [0.1, 0.15) is 17.0 Å². The first-order valence-corrected chi connectivity index (χ1v) is 6.66. The van der Waals surface area contributed by atoms with Crippen molar-refractivity contribution in [2.24, 2.45) is 5.73 Å². The molecule has 1 aromatic carbocycles. The summed E-state index contributed by atoms with van der Waals surface area (Å²) in [5.41, 5.74) is 8.83. The Bertz CT molecular complexity index is 606. The molecular weight excluding hydrogens is 246 g/mol. The largest absolute Gasteiger partial charge is 0.326 e. The highest BCUT2D eigenvalue weighted by Crippen LogP contribution is 2.31. The molecule has 5 heteroatoms. The standard InChI is InChI=1S/C13H13N3OS/c14-6-13-15-7-11(18-13)9-1-3-10-8(5-9)2-4-12(17)16-10/h1,3,5,7H,2,4,6,14H2,(H,16,17). The summed E-state index contributed by atoms with van der Waals surface area (Å²) in [4.78, 5) is 16.7. The van der Waals surface area contributed by atoms with Gasteiger partial charge in [-0.1, -0.05) is 6.07 Å². The average molecular weight is 259 g/mol. The normalized spacial score (nSPS) is 14.2. The molecule has 0 bridgehead atoms. The van der Waals surface area contributed by atoms with Crippen LogP contribution in [0.2, 0.25) is 0 Å². The van der Waals surface area contributed by atoms with Crippen LogP contribution in [0.4, 0.5) is 5.69 Å². The minimum Gasteiger partial charge on any atom is -0.326 e. The number of anilines is 1. The fraction of sp³-hybridized carbons (Fsp3) is 0.231. The molecule has 0 saturated carbocycles. The molecule has 1 aliphatic rings. The van der Waals surface area contributed by atoms with Crippen molar-refractivity contribution in [3.8, 4) is 10.4 Å². The molecule has 92 valence electrons. The number of aromatic nitrogens is 1. The third-order valence-electron chi connectivity index (χ3n) is 3.01. The number of nitrogens with one attached hydrogen (secondary N) is 1. The van der Waals surface area contributed by atoms with E-state index in [0.29, 0.717) is 13.0 Å². The molecule has 3 rings (SSSR count). The van der Waals surface area contributed by atoms with Crippen LogP contribution in [0.15, 0.2) is 24.4 Å². The van der Waals surface area contributed by atoms with Gasteiger partial charge in [-0.25, -0.2) is 4.98 Å². The number of benzene rings is 1. The molecule has 1 aromatic heterocycles. The predicted octanol–water partition coefficient (Wildman–Crippen LogP) is 2.15. The molecule has 0 aliphatic carbocycles. The molecular formula is C13H13N3OS. The zero-order valence-corrected chi connectivity index (χ0v) is 10.6. The van der Waals surface area contributed by atoms with Crippen molar-refractivity contribution in [2.45, 2.75) is 19.4 Å². The predicted molar refractivity (Wildman–Crippen MR) is 72.4 cm³/mol. The van der Waals surface area contributed by atoms with E-state index in [1.165, 1.54) is 5.56 Å². The van der Waals surface area contributed by atoms with Gasteiger partial charge in [0.1, 0.15) is 5.01 Å². The van der Waals surface area contributed by atoms with Gasteiger partial charge in [0.25, 0.3) is 0 Å². The van der Waals surface area contributed by atoms with Gasteiger partial charge in [0, 0.05) is 24.8 Å². The lowest BCUT2D eigenvalue weighted by Gasteiger charge is -2.17. The number of thiazole rings is 1. The SMILES string of the molecule is NCc1ncc(-c2ccc3c(c2)CCC(=O)N3)s1. The lowest BCUT2D eigenvalue weighted by Crippen LogP contribution is -2.18. The van der Waals surface area contributed by atoms with Gasteiger partial charge in [-0.05, 0) is 29.7 Å². The van der Waals surface area contributed by atoms with Gasteiger partial charge in [0.15, 0.2) is 0 Å². The van der Waals surface area contributed by atoms with E-state index in [1.807, 2.05) is 18.3 Å². The van der Waals surface area contributed by atoms with Crippen molar-refractivity contribution in [2.75, 3.05) is 5.32 Å². The summed E-state index contributed by atoms with van der Waals surface area (Å²) in [5.74, 6) is 0.0958. The summed E-state index contributed by atoms with van der Waals surface area (Å²) in [6, 6.07) is 6.10. The quantitative estimate of drug-likeness (QED) is 0.868. The zero-order chi connectivity index (χ0) is 12.5. The Morgan fingerprint density at radius 2 is 2.28 bits per heavy atom. The van der Waals surface area contributed by atoms with Gasteiger partial charge in [0.05, 0.1) is 4.88 Å². The van der Waals surface area contributed by atoms with Gasteiger partial charge in [-0.15, -0.1) is 11.3 Å². The topological polar surface area (TPSA) is 68.0 Å². The van der Waals surface area contributed by atoms with Crippen LogP contribution < -0.4 is 11.1 Å². The summed E-state index contributed by atoms with van der Waals surface area (Å²) in [6.45, 7) is 0.478. The highest BCUT2D eigenvalue weighted by atomic mass is 32.1. The molecule has 4 nitrogen and oxygen atoms in total. The Labute approximate surface area is 109 Å². The van der Waals surface area contributed by atoms with Crippen molar-refractivity contribution < 1.29 is 4.79 Å². The fourth-order valence-corrected chi connectivity index (χ4v) is 2.87. The van der Waals surface area contributed by atoms with Crippen molar-refractivity contribution in [3.63, 3.8) is 0 Å². The van der Waals surface area contributed by atoms with Gasteiger partial charge in [-0.3, -0.25) is 4.79 Å². The van der Waals surface area contributed by atoms with Crippen LogP contribution in [0.25, 0.3) is 10.4 Å². The minimum absolute atomic E-state index is 0.0958. The highest BCUT2D eigenvalue weighted by Gasteiger charge is 2.15. The van der Waals surface area contributed by atoms with Crippen LogP contribution in [-0.4, -0.2) is 10.9 Å². The monoisotopic (exact) mass is 259 g/mol. The number of nitrogens with two attached hydrogens (primary N) is 1. The second-order valence-corrected chi connectivity index (χ2v) is 5.36. The number of aryl methyl sites for hydroxylation is 1. The summed E-state index contributed by atoms with van der Waals surface area (Å²) in [7, 11) is 0. The molecule has 18 heavy (non-hydrogen) atoms. The maximum absolute atomic E-state index is 11.3. The maximum Gasteiger partial charge on any atom is 0.224 e. The Kier molecular flexibility index (Phi) is 2.85. The van der Waals surface area contributed by atoms with Crippen LogP contribution in [-0.2, 0) is 17.8 Å². The molecule has 0 radical (unpaired) electrons. The van der Waals surface area contributed by atoms with Crippen LogP contribution >= 0.6 is 11.3 Å². The molecule has 0 fully saturated rings. The molecule has 0 atom stereocenters. The molecule has 2 heterocycles. The van der Waals surface area contributed by atoms with Gasteiger partial charge in [0.2, 0.25) is 5.91 Å². The number of rotatable bonds is 2. The number of hydrogen-bond acceptors (Lipinski definition) is 4. The van der Waals surface area contributed by atoms with Crippen molar-refractivity contribution in [3.05, 3.63) is 35.0 Å². The minimum atomic E-state index is 0.0958. The van der Waals surface area contributed by atoms with Crippen LogP contribution in [0.3, 0.4) is 0 Å². The Morgan fingerprint density at radius 3 is 3.06 bits per heavy atom. The van der Waals surface area contributed by atoms with Crippen LogP contribution in [0, 0.1) is 0 Å². The van der Waals surface area contributed by atoms with E-state index in [2.05, 4.69) is 16.4 Å². The Morgan fingerprint density at radius 1 is 1.39 bits per heavy atom. The van der Waals surface area contributed by atoms with Gasteiger partial charge >= 0.3 is 0 Å². The fourth-order valence-electron chi connectivity index (χ4n) is 2.07. The molecule has 2 aromatic rings. The van der Waals surface area contributed by atoms with Gasteiger partial charge in [-0.2, -0.15) is 0 Å². The lowest BCUT2D eigenvalue weighted by molar-refractivity contribution is -0.116. The number of nitrogens with zero attached hydrogens (tertiary/aromatic N) is 1. The second kappa shape index (κ2) is 4.51. The summed E-state index contributed by atoms with van der Waals surface area (Å²) in [5, 5.41) is 3.82. The molecule has 0 saturated heterocycles. The summed E-state index contributed by atoms with van der Waals surface area (Å²) < 4.78 is 0. The molecule has 3 N–H and O–H groups in total. The van der Waals surface area contributed by atoms with E-state index in [4.69, 9.17) is 5.73 Å². The van der Waals surface area contributed by atoms with E-state index < -0.39 is 0 Å². The lowest BCUT2D eigenvalue weighted by atomic mass is 10.00. The average Bonchev–Trinajstić information content (AvgIpc) is 2.87. The summed E-state index contributed by atoms with van der Waals surface area (Å²) >= 11 is 1.61. The first kappa shape index (κ1) is 11.4. The first-order valence-electron chi connectivity index (χ1n) is 5.84. The van der Waals surface area contributed by atoms with E-state index in [0.717, 1.165) is 27.6 Å². The van der Waals surface area contributed by atoms with Gasteiger partial charge < -0.3 is 11.1 Å².